The summed E-state index contributed by atoms with van der Waals surface area (Å²) in [7, 11) is 0. The van der Waals surface area contributed by atoms with Crippen LogP contribution < -0.4 is 5.32 Å². The van der Waals surface area contributed by atoms with Gasteiger partial charge in [-0.15, -0.1) is 10.2 Å². The van der Waals surface area contributed by atoms with E-state index < -0.39 is 0 Å². The zero-order valence-electron chi connectivity index (χ0n) is 10.3. The number of nitrogens with zero attached hydrogens (tertiary/aromatic N) is 3. The molecule has 0 aliphatic carbocycles. The van der Waals surface area contributed by atoms with Gasteiger partial charge in [0.15, 0.2) is 0 Å². The number of aryl methyl sites for hydroxylation is 1. The van der Waals surface area contributed by atoms with Crippen molar-refractivity contribution in [2.45, 2.75) is 33.2 Å². The zero-order chi connectivity index (χ0) is 12.3. The van der Waals surface area contributed by atoms with Crippen molar-refractivity contribution in [3.63, 3.8) is 0 Å². The molecule has 0 amide bonds. The van der Waals surface area contributed by atoms with Crippen LogP contribution in [0, 0.1) is 6.92 Å². The lowest BCUT2D eigenvalue weighted by Crippen LogP contribution is -2.20. The Kier molecular flexibility index (Phi) is 3.53. The second kappa shape index (κ2) is 5.09. The number of aromatic nitrogens is 4. The molecule has 2 aromatic rings. The van der Waals surface area contributed by atoms with Gasteiger partial charge in [0, 0.05) is 5.69 Å². The molecule has 0 fully saturated rings. The Morgan fingerprint density at radius 2 is 2.24 bits per heavy atom. The maximum Gasteiger partial charge on any atom is 0.251 e. The largest absolute Gasteiger partial charge is 0.419 e. The Balaban J connectivity index is 2.24. The van der Waals surface area contributed by atoms with Crippen LogP contribution in [0.4, 0.5) is 0 Å². The molecule has 1 atom stereocenters. The van der Waals surface area contributed by atoms with Gasteiger partial charge in [0.2, 0.25) is 5.89 Å². The summed E-state index contributed by atoms with van der Waals surface area (Å²) in [4.78, 5) is 0. The molecule has 0 spiro atoms. The molecule has 0 radical (unpaired) electrons. The van der Waals surface area contributed by atoms with Gasteiger partial charge in [0.05, 0.1) is 17.8 Å². The minimum atomic E-state index is 0.119. The third kappa shape index (κ3) is 2.36. The normalized spacial score (nSPS) is 12.9. The van der Waals surface area contributed by atoms with Gasteiger partial charge in [-0.2, -0.15) is 5.10 Å². The van der Waals surface area contributed by atoms with Crippen molar-refractivity contribution in [2.75, 3.05) is 6.54 Å². The number of hydrogen-bond acceptors (Lipinski definition) is 5. The smallest absolute Gasteiger partial charge is 0.251 e. The highest BCUT2D eigenvalue weighted by molar-refractivity contribution is 5.53. The number of aromatic amines is 1. The lowest BCUT2D eigenvalue weighted by atomic mass is 10.2. The van der Waals surface area contributed by atoms with Crippen molar-refractivity contribution < 1.29 is 4.42 Å². The van der Waals surface area contributed by atoms with Crippen LogP contribution in [0.3, 0.4) is 0 Å². The first-order chi connectivity index (χ1) is 8.26. The van der Waals surface area contributed by atoms with Gasteiger partial charge >= 0.3 is 0 Å². The number of hydrogen-bond donors (Lipinski definition) is 2. The molecule has 6 nitrogen and oxygen atoms in total. The summed E-state index contributed by atoms with van der Waals surface area (Å²) in [5.41, 5.74) is 1.78. The summed E-state index contributed by atoms with van der Waals surface area (Å²) >= 11 is 0. The maximum atomic E-state index is 5.67. The van der Waals surface area contributed by atoms with E-state index in [0.29, 0.717) is 11.8 Å². The van der Waals surface area contributed by atoms with Crippen LogP contribution >= 0.6 is 0 Å². The van der Waals surface area contributed by atoms with Crippen molar-refractivity contribution in [3.8, 4) is 11.5 Å². The average Bonchev–Trinajstić information content (AvgIpc) is 2.94. The monoisotopic (exact) mass is 235 g/mol. The number of rotatable bonds is 5. The highest BCUT2D eigenvalue weighted by Crippen LogP contribution is 2.23. The van der Waals surface area contributed by atoms with Crippen molar-refractivity contribution in [3.05, 3.63) is 17.8 Å². The van der Waals surface area contributed by atoms with E-state index in [0.717, 1.165) is 24.2 Å². The minimum absolute atomic E-state index is 0.119. The highest BCUT2D eigenvalue weighted by Gasteiger charge is 2.18. The fraction of sp³-hybridized carbons (Fsp3) is 0.545. The third-order valence-corrected chi connectivity index (χ3v) is 2.66. The fourth-order valence-corrected chi connectivity index (χ4v) is 1.70. The van der Waals surface area contributed by atoms with Gasteiger partial charge in [-0.05, 0) is 19.9 Å². The first-order valence-electron chi connectivity index (χ1n) is 5.83. The van der Waals surface area contributed by atoms with Gasteiger partial charge in [-0.1, -0.05) is 13.8 Å². The van der Waals surface area contributed by atoms with E-state index in [1.807, 2.05) is 6.92 Å². The lowest BCUT2D eigenvalue weighted by molar-refractivity contribution is 0.402. The molecule has 0 bridgehead atoms. The van der Waals surface area contributed by atoms with Gasteiger partial charge in [-0.3, -0.25) is 5.10 Å². The molecule has 0 aromatic carbocycles. The molecule has 2 N–H and O–H groups in total. The SMILES string of the molecule is CCNC(CC)c1nnc(-c2cn[nH]c2C)o1. The van der Waals surface area contributed by atoms with E-state index in [1.54, 1.807) is 6.20 Å². The van der Waals surface area contributed by atoms with Crippen molar-refractivity contribution in [1.82, 2.24) is 25.7 Å². The van der Waals surface area contributed by atoms with E-state index in [4.69, 9.17) is 4.42 Å². The van der Waals surface area contributed by atoms with E-state index in [9.17, 15) is 0 Å². The predicted octanol–water partition coefficient (Wildman–Crippen LogP) is 1.83. The Morgan fingerprint density at radius 1 is 1.41 bits per heavy atom. The third-order valence-electron chi connectivity index (χ3n) is 2.66. The summed E-state index contributed by atoms with van der Waals surface area (Å²) < 4.78 is 5.67. The molecule has 6 heteroatoms. The first-order valence-corrected chi connectivity index (χ1v) is 5.83. The van der Waals surface area contributed by atoms with Crippen molar-refractivity contribution in [1.29, 1.82) is 0 Å². The topological polar surface area (TPSA) is 79.6 Å². The lowest BCUT2D eigenvalue weighted by Gasteiger charge is -2.09. The summed E-state index contributed by atoms with van der Waals surface area (Å²) in [6, 6.07) is 0.119. The van der Waals surface area contributed by atoms with E-state index >= 15 is 0 Å². The first kappa shape index (κ1) is 11.8. The van der Waals surface area contributed by atoms with Crippen LogP contribution in [-0.4, -0.2) is 26.9 Å². The van der Waals surface area contributed by atoms with E-state index in [-0.39, 0.29) is 6.04 Å². The molecule has 1 unspecified atom stereocenters. The predicted molar refractivity (Wildman–Crippen MR) is 63.3 cm³/mol. The maximum absolute atomic E-state index is 5.67. The molecule has 2 rings (SSSR count). The van der Waals surface area contributed by atoms with Gasteiger partial charge in [0.25, 0.3) is 5.89 Å². The van der Waals surface area contributed by atoms with Crippen LogP contribution in [0.15, 0.2) is 10.6 Å². The molecule has 0 saturated carbocycles. The second-order valence-electron chi connectivity index (χ2n) is 3.87. The zero-order valence-corrected chi connectivity index (χ0v) is 10.3. The van der Waals surface area contributed by atoms with Crippen LogP contribution in [0.2, 0.25) is 0 Å². The number of H-pyrrole nitrogens is 1. The summed E-state index contributed by atoms with van der Waals surface area (Å²) in [6.07, 6.45) is 2.61. The minimum Gasteiger partial charge on any atom is -0.419 e. The quantitative estimate of drug-likeness (QED) is 0.826. The molecule has 92 valence electrons. The average molecular weight is 235 g/mol. The van der Waals surface area contributed by atoms with Crippen LogP contribution in [0.1, 0.15) is 37.9 Å². The standard InChI is InChI=1S/C11H17N5O/c1-4-9(12-5-2)11-16-15-10(17-11)8-6-13-14-7(8)3/h6,9,12H,4-5H2,1-3H3,(H,13,14). The van der Waals surface area contributed by atoms with Crippen molar-refractivity contribution in [2.24, 2.45) is 0 Å². The van der Waals surface area contributed by atoms with Crippen LogP contribution in [-0.2, 0) is 0 Å². The second-order valence-corrected chi connectivity index (χ2v) is 3.87. The molecule has 0 aliphatic heterocycles. The van der Waals surface area contributed by atoms with E-state index in [1.165, 1.54) is 0 Å². The van der Waals surface area contributed by atoms with Gasteiger partial charge in [-0.25, -0.2) is 0 Å². The Morgan fingerprint density at radius 3 is 2.82 bits per heavy atom. The van der Waals surface area contributed by atoms with Gasteiger partial charge in [0.1, 0.15) is 0 Å². The molecule has 2 heterocycles. The summed E-state index contributed by atoms with van der Waals surface area (Å²) in [6.45, 7) is 6.94. The van der Waals surface area contributed by atoms with Crippen LogP contribution in [0.25, 0.3) is 11.5 Å². The van der Waals surface area contributed by atoms with E-state index in [2.05, 4.69) is 39.6 Å². The summed E-state index contributed by atoms with van der Waals surface area (Å²) in [5, 5.41) is 18.2. The molecule has 0 aliphatic rings. The molecular formula is C11H17N5O. The van der Waals surface area contributed by atoms with Crippen molar-refractivity contribution >= 4 is 0 Å². The van der Waals surface area contributed by atoms with Gasteiger partial charge < -0.3 is 9.73 Å². The summed E-state index contributed by atoms with van der Waals surface area (Å²) in [5.74, 6) is 1.15. The number of nitrogens with one attached hydrogen (secondary N) is 2. The molecule has 2 aromatic heterocycles. The van der Waals surface area contributed by atoms with Crippen LogP contribution in [0.5, 0.6) is 0 Å². The molecule has 17 heavy (non-hydrogen) atoms. The highest BCUT2D eigenvalue weighted by atomic mass is 16.4. The molecule has 0 saturated heterocycles. The Labute approximate surface area is 99.8 Å². The Bertz CT molecular complexity index is 476. The molecular weight excluding hydrogens is 218 g/mol. The Hall–Kier alpha value is -1.69. The fourth-order valence-electron chi connectivity index (χ4n) is 1.70.